The number of alkyl halides is 4. The lowest BCUT2D eigenvalue weighted by Crippen LogP contribution is -2.36. The van der Waals surface area contributed by atoms with E-state index in [-0.39, 0.29) is 16.1 Å². The van der Waals surface area contributed by atoms with Gasteiger partial charge < -0.3 is 4.98 Å². The summed E-state index contributed by atoms with van der Waals surface area (Å²) in [4.78, 5) is 17.6. The zero-order valence-corrected chi connectivity index (χ0v) is 9.31. The lowest BCUT2D eigenvalue weighted by molar-refractivity contribution is -0.0957. The number of nitrogens with zero attached hydrogens (tertiary/aromatic N) is 1. The number of fused-ring (bicyclic) bond motifs is 1. The third kappa shape index (κ3) is 1.84. The molecule has 3 nitrogen and oxygen atoms in total. The van der Waals surface area contributed by atoms with Crippen LogP contribution in [-0.4, -0.2) is 28.1 Å². The molecular formula is C10H5ClF4N2O. The number of H-pyrrole nitrogens is 1. The first kappa shape index (κ1) is 12.8. The summed E-state index contributed by atoms with van der Waals surface area (Å²) in [6.07, 6.45) is -1.89. The number of ketones is 1. The average Bonchev–Trinajstić information content (AvgIpc) is 2.72. The standard InChI is InChI=1S/C10H5ClF4N2O/c11-5-1-2-16-8-6(5)4(3-17-8)7(18)10(14,15)9(12)13/h1-3,9H,(H,16,17). The summed E-state index contributed by atoms with van der Waals surface area (Å²) in [5.74, 6) is -6.74. The number of aromatic nitrogens is 2. The topological polar surface area (TPSA) is 45.8 Å². The lowest BCUT2D eigenvalue weighted by Gasteiger charge is -2.12. The van der Waals surface area contributed by atoms with Crippen molar-refractivity contribution in [2.45, 2.75) is 12.3 Å². The van der Waals surface area contributed by atoms with Gasteiger partial charge in [0.2, 0.25) is 5.78 Å². The van der Waals surface area contributed by atoms with Crippen molar-refractivity contribution in [3.63, 3.8) is 0 Å². The molecule has 0 fully saturated rings. The molecule has 0 bridgehead atoms. The van der Waals surface area contributed by atoms with Gasteiger partial charge in [0.15, 0.2) is 0 Å². The van der Waals surface area contributed by atoms with Gasteiger partial charge in [0.25, 0.3) is 0 Å². The van der Waals surface area contributed by atoms with Crippen molar-refractivity contribution in [2.24, 2.45) is 0 Å². The lowest BCUT2D eigenvalue weighted by atomic mass is 10.1. The summed E-state index contributed by atoms with van der Waals surface area (Å²) in [6, 6.07) is 1.27. The van der Waals surface area contributed by atoms with E-state index in [2.05, 4.69) is 9.97 Å². The normalized spacial score (nSPS) is 12.3. The molecule has 0 aliphatic rings. The zero-order valence-electron chi connectivity index (χ0n) is 8.55. The van der Waals surface area contributed by atoms with Crippen molar-refractivity contribution < 1.29 is 22.4 Å². The van der Waals surface area contributed by atoms with Crippen molar-refractivity contribution in [3.05, 3.63) is 29.0 Å². The number of carbonyl (C=O) groups excluding carboxylic acids is 1. The van der Waals surface area contributed by atoms with E-state index in [9.17, 15) is 22.4 Å². The molecule has 0 unspecified atom stereocenters. The van der Waals surface area contributed by atoms with Gasteiger partial charge in [-0.1, -0.05) is 11.6 Å². The SMILES string of the molecule is O=C(c1c[nH]c2nccc(Cl)c12)C(F)(F)C(F)F. The Hall–Kier alpha value is -1.63. The van der Waals surface area contributed by atoms with Gasteiger partial charge in [-0.15, -0.1) is 0 Å². The molecule has 0 aliphatic heterocycles. The highest BCUT2D eigenvalue weighted by Crippen LogP contribution is 2.32. The molecule has 0 saturated heterocycles. The first-order chi connectivity index (χ1) is 8.35. The predicted molar refractivity (Wildman–Crippen MR) is 56.4 cm³/mol. The van der Waals surface area contributed by atoms with Gasteiger partial charge in [-0.05, 0) is 6.07 Å². The van der Waals surface area contributed by atoms with Gasteiger partial charge in [0.05, 0.1) is 10.6 Å². The molecule has 0 aliphatic carbocycles. The number of hydrogen-bond donors (Lipinski definition) is 1. The molecule has 2 rings (SSSR count). The van der Waals surface area contributed by atoms with Crippen molar-refractivity contribution in [3.8, 4) is 0 Å². The van der Waals surface area contributed by atoms with E-state index in [0.29, 0.717) is 0 Å². The van der Waals surface area contributed by atoms with Crippen LogP contribution in [0.15, 0.2) is 18.5 Å². The molecule has 1 N–H and O–H groups in total. The van der Waals surface area contributed by atoms with Crippen molar-refractivity contribution in [1.82, 2.24) is 9.97 Å². The molecule has 0 atom stereocenters. The second-order valence-electron chi connectivity index (χ2n) is 3.47. The minimum absolute atomic E-state index is 0.0188. The van der Waals surface area contributed by atoms with Crippen LogP contribution in [0.25, 0.3) is 11.0 Å². The Labute approximate surface area is 103 Å². The molecule has 0 spiro atoms. The highest BCUT2D eigenvalue weighted by atomic mass is 35.5. The Balaban J connectivity index is 2.59. The molecule has 2 aromatic heterocycles. The van der Waals surface area contributed by atoms with Gasteiger partial charge in [-0.3, -0.25) is 4.79 Å². The van der Waals surface area contributed by atoms with Crippen molar-refractivity contribution in [1.29, 1.82) is 0 Å². The summed E-state index contributed by atoms with van der Waals surface area (Å²) < 4.78 is 50.2. The summed E-state index contributed by atoms with van der Waals surface area (Å²) in [6.45, 7) is 0. The molecule has 0 radical (unpaired) electrons. The Morgan fingerprint density at radius 2 is 2.11 bits per heavy atom. The molecule has 0 amide bonds. The first-order valence-corrected chi connectivity index (χ1v) is 5.06. The monoisotopic (exact) mass is 280 g/mol. The van der Waals surface area contributed by atoms with Crippen LogP contribution in [-0.2, 0) is 0 Å². The summed E-state index contributed by atoms with van der Waals surface area (Å²) in [5, 5.41) is -0.112. The molecule has 2 heterocycles. The fourth-order valence-corrected chi connectivity index (χ4v) is 1.72. The maximum absolute atomic E-state index is 13.0. The molecule has 2 aromatic rings. The molecule has 0 aromatic carbocycles. The third-order valence-corrected chi connectivity index (χ3v) is 2.66. The van der Waals surface area contributed by atoms with Gasteiger partial charge in [0.1, 0.15) is 5.65 Å². The highest BCUT2D eigenvalue weighted by molar-refractivity contribution is 6.36. The fourth-order valence-electron chi connectivity index (χ4n) is 1.47. The number of pyridine rings is 1. The largest absolute Gasteiger partial charge is 0.368 e. The summed E-state index contributed by atoms with van der Waals surface area (Å²) in [5.41, 5.74) is -0.524. The Kier molecular flexibility index (Phi) is 3.02. The van der Waals surface area contributed by atoms with Crippen LogP contribution < -0.4 is 0 Å². The number of aromatic amines is 1. The van der Waals surface area contributed by atoms with E-state index in [4.69, 9.17) is 11.6 Å². The van der Waals surface area contributed by atoms with Crippen LogP contribution in [0.5, 0.6) is 0 Å². The Morgan fingerprint density at radius 1 is 1.44 bits per heavy atom. The maximum Gasteiger partial charge on any atom is 0.368 e. The smallest absolute Gasteiger partial charge is 0.345 e. The van der Waals surface area contributed by atoms with Crippen LogP contribution in [0.1, 0.15) is 10.4 Å². The second kappa shape index (κ2) is 4.24. The zero-order chi connectivity index (χ0) is 13.5. The number of carbonyl (C=O) groups is 1. The van der Waals surface area contributed by atoms with Crippen LogP contribution in [0.2, 0.25) is 5.02 Å². The third-order valence-electron chi connectivity index (χ3n) is 2.34. The number of halogens is 5. The van der Waals surface area contributed by atoms with Gasteiger partial charge in [0, 0.05) is 17.8 Å². The van der Waals surface area contributed by atoms with E-state index in [1.807, 2.05) is 0 Å². The molecule has 0 saturated carbocycles. The van der Waals surface area contributed by atoms with Crippen molar-refractivity contribution >= 4 is 28.4 Å². The van der Waals surface area contributed by atoms with Gasteiger partial charge in [-0.2, -0.15) is 8.78 Å². The minimum atomic E-state index is -4.76. The molecule has 8 heteroatoms. The van der Waals surface area contributed by atoms with Gasteiger partial charge in [-0.25, -0.2) is 13.8 Å². The van der Waals surface area contributed by atoms with E-state index in [0.717, 1.165) is 6.20 Å². The summed E-state index contributed by atoms with van der Waals surface area (Å²) in [7, 11) is 0. The first-order valence-electron chi connectivity index (χ1n) is 4.68. The van der Waals surface area contributed by atoms with E-state index >= 15 is 0 Å². The fraction of sp³-hybridized carbons (Fsp3) is 0.200. The second-order valence-corrected chi connectivity index (χ2v) is 3.88. The van der Waals surface area contributed by atoms with Crippen molar-refractivity contribution in [2.75, 3.05) is 0 Å². The Bertz CT molecular complexity index is 611. The highest BCUT2D eigenvalue weighted by Gasteiger charge is 2.49. The van der Waals surface area contributed by atoms with Crippen LogP contribution in [0.4, 0.5) is 17.6 Å². The van der Waals surface area contributed by atoms with E-state index < -0.39 is 23.7 Å². The number of nitrogens with one attached hydrogen (secondary N) is 1. The molecule has 18 heavy (non-hydrogen) atoms. The van der Waals surface area contributed by atoms with Crippen LogP contribution in [0.3, 0.4) is 0 Å². The number of rotatable bonds is 3. The number of Topliss-reactive ketones (excluding diaryl/α,β-unsaturated/α-hetero) is 1. The Morgan fingerprint density at radius 3 is 2.72 bits per heavy atom. The van der Waals surface area contributed by atoms with E-state index in [1.54, 1.807) is 0 Å². The van der Waals surface area contributed by atoms with E-state index in [1.165, 1.54) is 12.3 Å². The van der Waals surface area contributed by atoms with Crippen LogP contribution >= 0.6 is 11.6 Å². The molecule has 96 valence electrons. The predicted octanol–water partition coefficient (Wildman–Crippen LogP) is 3.30. The molecular weight excluding hydrogens is 276 g/mol. The van der Waals surface area contributed by atoms with Gasteiger partial charge >= 0.3 is 12.3 Å². The average molecular weight is 281 g/mol. The quantitative estimate of drug-likeness (QED) is 0.692. The maximum atomic E-state index is 13.0. The number of hydrogen-bond acceptors (Lipinski definition) is 2. The summed E-state index contributed by atoms with van der Waals surface area (Å²) >= 11 is 5.73. The minimum Gasteiger partial charge on any atom is -0.345 e. The van der Waals surface area contributed by atoms with Crippen LogP contribution in [0, 0.1) is 0 Å².